The van der Waals surface area contributed by atoms with Crippen LogP contribution < -0.4 is 10.1 Å². The lowest BCUT2D eigenvalue weighted by Crippen LogP contribution is -2.27. The molecule has 0 aliphatic heterocycles. The zero-order valence-corrected chi connectivity index (χ0v) is 13.6. The van der Waals surface area contributed by atoms with Gasteiger partial charge in [0.1, 0.15) is 17.6 Å². The van der Waals surface area contributed by atoms with Crippen molar-refractivity contribution in [1.82, 2.24) is 4.90 Å². The molecule has 0 aliphatic rings. The Balaban J connectivity index is 1.93. The summed E-state index contributed by atoms with van der Waals surface area (Å²) in [6, 6.07) is 8.22. The number of hydrogen-bond acceptors (Lipinski definition) is 5. The van der Waals surface area contributed by atoms with E-state index in [9.17, 15) is 9.18 Å². The minimum Gasteiger partial charge on any atom is -0.484 e. The molecule has 1 aromatic heterocycles. The number of benzene rings is 1. The van der Waals surface area contributed by atoms with Gasteiger partial charge in [-0.1, -0.05) is 0 Å². The van der Waals surface area contributed by atoms with Crippen molar-refractivity contribution >= 4 is 22.9 Å². The van der Waals surface area contributed by atoms with E-state index in [1.165, 1.54) is 22.3 Å². The Labute approximate surface area is 137 Å². The molecule has 5 nitrogen and oxygen atoms in total. The van der Waals surface area contributed by atoms with Crippen LogP contribution in [0.2, 0.25) is 0 Å². The summed E-state index contributed by atoms with van der Waals surface area (Å²) >= 11 is 1.44. The fourth-order valence-corrected chi connectivity index (χ4v) is 2.47. The van der Waals surface area contributed by atoms with Crippen LogP contribution >= 0.6 is 11.3 Å². The first kappa shape index (κ1) is 16.8. The number of halogens is 1. The van der Waals surface area contributed by atoms with E-state index in [-0.39, 0.29) is 12.5 Å². The highest BCUT2D eigenvalue weighted by atomic mass is 32.1. The molecule has 2 aromatic rings. The van der Waals surface area contributed by atoms with Gasteiger partial charge in [0.2, 0.25) is 0 Å². The number of carbonyl (C=O) groups excluding carboxylic acids is 1. The lowest BCUT2D eigenvalue weighted by Gasteiger charge is -2.12. The van der Waals surface area contributed by atoms with Crippen molar-refractivity contribution < 1.29 is 13.9 Å². The second-order valence-corrected chi connectivity index (χ2v) is 5.98. The molecule has 0 atom stereocenters. The average molecular weight is 333 g/mol. The molecule has 0 spiro atoms. The quantitative estimate of drug-likeness (QED) is 0.883. The van der Waals surface area contributed by atoms with Gasteiger partial charge in [0.25, 0.3) is 5.91 Å². The van der Waals surface area contributed by atoms with Gasteiger partial charge in [-0.3, -0.25) is 4.79 Å². The molecule has 23 heavy (non-hydrogen) atoms. The Morgan fingerprint density at radius 1 is 1.43 bits per heavy atom. The molecule has 0 radical (unpaired) electrons. The maximum absolute atomic E-state index is 14.0. The van der Waals surface area contributed by atoms with E-state index in [2.05, 4.69) is 11.4 Å². The van der Waals surface area contributed by atoms with Crippen LogP contribution in [0.5, 0.6) is 5.75 Å². The van der Waals surface area contributed by atoms with E-state index in [1.54, 1.807) is 37.7 Å². The van der Waals surface area contributed by atoms with Gasteiger partial charge in [0.15, 0.2) is 6.61 Å². The van der Waals surface area contributed by atoms with Crippen LogP contribution in [-0.4, -0.2) is 31.5 Å². The zero-order chi connectivity index (χ0) is 16.8. The molecule has 0 saturated carbocycles. The minimum atomic E-state index is -0.461. The normalized spacial score (nSPS) is 10.0. The molecule has 1 aromatic carbocycles. The van der Waals surface area contributed by atoms with E-state index in [4.69, 9.17) is 10.00 Å². The number of anilines is 1. The van der Waals surface area contributed by atoms with Crippen LogP contribution in [0.4, 0.5) is 10.1 Å². The monoisotopic (exact) mass is 333 g/mol. The van der Waals surface area contributed by atoms with Gasteiger partial charge in [0.05, 0.1) is 11.3 Å². The van der Waals surface area contributed by atoms with Gasteiger partial charge in [-0.15, -0.1) is 11.3 Å². The average Bonchev–Trinajstić information content (AvgIpc) is 2.99. The van der Waals surface area contributed by atoms with Gasteiger partial charge >= 0.3 is 0 Å². The SMILES string of the molecule is CN(C)C(=O)COc1ccc(NCc2cc(C#N)cs2)c(F)c1. The topological polar surface area (TPSA) is 65.4 Å². The van der Waals surface area contributed by atoms with Crippen molar-refractivity contribution in [2.24, 2.45) is 0 Å². The summed E-state index contributed by atoms with van der Waals surface area (Å²) in [5.74, 6) is -0.360. The van der Waals surface area contributed by atoms with Crippen LogP contribution in [0.15, 0.2) is 29.6 Å². The third-order valence-electron chi connectivity index (χ3n) is 3.04. The summed E-state index contributed by atoms with van der Waals surface area (Å²) in [5, 5.41) is 13.5. The van der Waals surface area contributed by atoms with E-state index in [0.717, 1.165) is 4.88 Å². The molecule has 1 amide bonds. The number of nitrogens with zero attached hydrogens (tertiary/aromatic N) is 2. The Bertz CT molecular complexity index is 737. The van der Waals surface area contributed by atoms with E-state index in [0.29, 0.717) is 23.5 Å². The zero-order valence-electron chi connectivity index (χ0n) is 12.8. The van der Waals surface area contributed by atoms with E-state index < -0.39 is 5.82 Å². The first-order chi connectivity index (χ1) is 11.0. The number of rotatable bonds is 6. The van der Waals surface area contributed by atoms with E-state index in [1.807, 2.05) is 0 Å². The lowest BCUT2D eigenvalue weighted by atomic mass is 10.2. The van der Waals surface area contributed by atoms with Crippen LogP contribution in [0, 0.1) is 17.1 Å². The molecule has 1 heterocycles. The third-order valence-corrected chi connectivity index (χ3v) is 3.97. The fourth-order valence-electron chi connectivity index (χ4n) is 1.72. The first-order valence-electron chi connectivity index (χ1n) is 6.83. The number of carbonyl (C=O) groups is 1. The summed E-state index contributed by atoms with van der Waals surface area (Å²) < 4.78 is 19.3. The largest absolute Gasteiger partial charge is 0.484 e. The molecule has 0 saturated heterocycles. The lowest BCUT2D eigenvalue weighted by molar-refractivity contribution is -0.130. The number of ether oxygens (including phenoxy) is 1. The standard InChI is InChI=1S/C16H16FN3O2S/c1-20(2)16(21)9-22-12-3-4-15(14(17)6-12)19-8-13-5-11(7-18)10-23-13/h3-6,10,19H,8-9H2,1-2H3. The van der Waals surface area contributed by atoms with Crippen molar-refractivity contribution in [3.8, 4) is 11.8 Å². The predicted molar refractivity (Wildman–Crippen MR) is 86.9 cm³/mol. The minimum absolute atomic E-state index is 0.134. The van der Waals surface area contributed by atoms with Gasteiger partial charge in [-0.05, 0) is 18.2 Å². The molecular formula is C16H16FN3O2S. The molecule has 0 bridgehead atoms. The summed E-state index contributed by atoms with van der Waals surface area (Å²) in [5.41, 5.74) is 0.935. The fraction of sp³-hybridized carbons (Fsp3) is 0.250. The summed E-state index contributed by atoms with van der Waals surface area (Å²) in [4.78, 5) is 13.8. The second kappa shape index (κ2) is 7.61. The molecular weight excluding hydrogens is 317 g/mol. The highest BCUT2D eigenvalue weighted by Gasteiger charge is 2.08. The summed E-state index contributed by atoms with van der Waals surface area (Å²) in [6.07, 6.45) is 0. The number of likely N-dealkylation sites (N-methyl/N-ethyl adjacent to an activating group) is 1. The Morgan fingerprint density at radius 3 is 2.83 bits per heavy atom. The van der Waals surface area contributed by atoms with Crippen LogP contribution in [-0.2, 0) is 11.3 Å². The molecule has 1 N–H and O–H groups in total. The number of thiophene rings is 1. The summed E-state index contributed by atoms with van der Waals surface area (Å²) in [7, 11) is 3.25. The number of nitrogens with one attached hydrogen (secondary N) is 1. The van der Waals surface area contributed by atoms with Crippen molar-refractivity contribution in [2.45, 2.75) is 6.54 Å². The maximum Gasteiger partial charge on any atom is 0.259 e. The van der Waals surface area contributed by atoms with Gasteiger partial charge in [0, 0.05) is 37.0 Å². The highest BCUT2D eigenvalue weighted by molar-refractivity contribution is 7.10. The van der Waals surface area contributed by atoms with Gasteiger partial charge < -0.3 is 15.0 Å². The Morgan fingerprint density at radius 2 is 2.22 bits per heavy atom. The molecule has 120 valence electrons. The smallest absolute Gasteiger partial charge is 0.259 e. The first-order valence-corrected chi connectivity index (χ1v) is 7.71. The molecule has 0 fully saturated rings. The number of hydrogen-bond donors (Lipinski definition) is 1. The van der Waals surface area contributed by atoms with Crippen LogP contribution in [0.1, 0.15) is 10.4 Å². The molecule has 2 rings (SSSR count). The van der Waals surface area contributed by atoms with Crippen molar-refractivity contribution in [1.29, 1.82) is 5.26 Å². The van der Waals surface area contributed by atoms with Gasteiger partial charge in [-0.25, -0.2) is 4.39 Å². The highest BCUT2D eigenvalue weighted by Crippen LogP contribution is 2.22. The number of nitriles is 1. The third kappa shape index (κ3) is 4.69. The Hall–Kier alpha value is -2.59. The van der Waals surface area contributed by atoms with E-state index >= 15 is 0 Å². The number of amides is 1. The van der Waals surface area contributed by atoms with Crippen molar-refractivity contribution in [3.05, 3.63) is 45.9 Å². The van der Waals surface area contributed by atoms with Gasteiger partial charge in [-0.2, -0.15) is 5.26 Å². The predicted octanol–water partition coefficient (Wildman–Crippen LogP) is 2.84. The van der Waals surface area contributed by atoms with Crippen molar-refractivity contribution in [2.75, 3.05) is 26.0 Å². The molecule has 0 aliphatic carbocycles. The Kier molecular flexibility index (Phi) is 5.55. The van der Waals surface area contributed by atoms with Crippen LogP contribution in [0.3, 0.4) is 0 Å². The summed E-state index contributed by atoms with van der Waals surface area (Å²) in [6.45, 7) is 0.300. The molecule has 7 heteroatoms. The van der Waals surface area contributed by atoms with Crippen LogP contribution in [0.25, 0.3) is 0 Å². The second-order valence-electron chi connectivity index (χ2n) is 4.99. The molecule has 0 unspecified atom stereocenters. The van der Waals surface area contributed by atoms with Crippen molar-refractivity contribution in [3.63, 3.8) is 0 Å². The maximum atomic E-state index is 14.0.